The number of nitriles is 1. The quantitative estimate of drug-likeness (QED) is 0.450. The summed E-state index contributed by atoms with van der Waals surface area (Å²) in [5, 5.41) is 20.4. The van der Waals surface area contributed by atoms with Crippen LogP contribution in [0.1, 0.15) is 27.0 Å². The molecule has 140 valence electrons. The molecule has 0 N–H and O–H groups in total. The molecule has 29 heavy (non-hydrogen) atoms. The molecule has 0 bridgehead atoms. The van der Waals surface area contributed by atoms with E-state index in [1.165, 1.54) is 11.3 Å². The maximum absolute atomic E-state index is 13.2. The fraction of sp³-hybridized carbons (Fsp3) is 0.130. The second-order valence-electron chi connectivity index (χ2n) is 6.97. The van der Waals surface area contributed by atoms with Crippen molar-refractivity contribution in [3.63, 3.8) is 0 Å². The number of aromatic nitrogens is 2. The summed E-state index contributed by atoms with van der Waals surface area (Å²) < 4.78 is 5.94. The molecule has 0 amide bonds. The molecule has 2 heterocycles. The number of thiophene rings is 1. The maximum Gasteiger partial charge on any atom is 0.247 e. The van der Waals surface area contributed by atoms with E-state index < -0.39 is 11.3 Å². The van der Waals surface area contributed by atoms with Crippen LogP contribution in [0.2, 0.25) is 0 Å². The van der Waals surface area contributed by atoms with Gasteiger partial charge in [0.1, 0.15) is 0 Å². The topological polar surface area (TPSA) is 79.8 Å². The van der Waals surface area contributed by atoms with E-state index in [9.17, 15) is 10.1 Å². The molecule has 4 aromatic rings. The molecule has 6 heteroatoms. The van der Waals surface area contributed by atoms with Crippen LogP contribution < -0.4 is 0 Å². The van der Waals surface area contributed by atoms with Crippen LogP contribution in [0.5, 0.6) is 0 Å². The van der Waals surface area contributed by atoms with Crippen LogP contribution in [0.4, 0.5) is 0 Å². The molecule has 1 fully saturated rings. The average Bonchev–Trinajstić information content (AvgIpc) is 3.17. The van der Waals surface area contributed by atoms with Crippen LogP contribution in [-0.4, -0.2) is 16.0 Å². The van der Waals surface area contributed by atoms with Crippen molar-refractivity contribution in [1.82, 2.24) is 10.2 Å². The van der Waals surface area contributed by atoms with E-state index in [-0.39, 0.29) is 17.6 Å². The predicted molar refractivity (Wildman–Crippen MR) is 108 cm³/mol. The fourth-order valence-electron chi connectivity index (χ4n) is 3.97. The van der Waals surface area contributed by atoms with Gasteiger partial charge in [0.05, 0.1) is 16.9 Å². The van der Waals surface area contributed by atoms with Gasteiger partial charge in [-0.25, -0.2) is 0 Å². The van der Waals surface area contributed by atoms with E-state index in [1.54, 1.807) is 6.07 Å². The van der Waals surface area contributed by atoms with E-state index >= 15 is 0 Å². The molecule has 0 radical (unpaired) electrons. The van der Waals surface area contributed by atoms with E-state index in [1.807, 2.05) is 72.1 Å². The molecule has 2 aromatic carbocycles. The summed E-state index contributed by atoms with van der Waals surface area (Å²) in [5.41, 5.74) is 0.531. The molecule has 3 atom stereocenters. The van der Waals surface area contributed by atoms with Crippen molar-refractivity contribution in [1.29, 1.82) is 5.26 Å². The SMILES string of the molecule is N#C[C@@]1(c2nnc(-c3ccccc3)o2)[C@H](C(=O)c2cccs2)[C@H]1c1ccccc1. The third-order valence-electron chi connectivity index (χ3n) is 5.40. The fourth-order valence-corrected chi connectivity index (χ4v) is 4.68. The second kappa shape index (κ2) is 6.80. The Morgan fingerprint density at radius 1 is 1.00 bits per heavy atom. The van der Waals surface area contributed by atoms with Crippen molar-refractivity contribution in [2.45, 2.75) is 11.3 Å². The van der Waals surface area contributed by atoms with Crippen LogP contribution in [0, 0.1) is 17.2 Å². The van der Waals surface area contributed by atoms with E-state index in [4.69, 9.17) is 4.42 Å². The first-order valence-electron chi connectivity index (χ1n) is 9.19. The standard InChI is InChI=1S/C23H15N3O2S/c24-14-23(22-26-25-21(28-22)16-10-5-2-6-11-16)18(15-8-3-1-4-9-15)19(23)20(27)17-12-7-13-29-17/h1-13,18-19H/t18-,19+,23+/m1/s1. The lowest BCUT2D eigenvalue weighted by Crippen LogP contribution is -2.14. The molecule has 0 saturated heterocycles. The Kier molecular flexibility index (Phi) is 4.11. The van der Waals surface area contributed by atoms with Crippen LogP contribution in [0.15, 0.2) is 82.6 Å². The third kappa shape index (κ3) is 2.71. The highest BCUT2D eigenvalue weighted by atomic mass is 32.1. The summed E-state index contributed by atoms with van der Waals surface area (Å²) in [6.45, 7) is 0. The summed E-state index contributed by atoms with van der Waals surface area (Å²) in [7, 11) is 0. The zero-order valence-corrected chi connectivity index (χ0v) is 16.0. The van der Waals surface area contributed by atoms with E-state index in [2.05, 4.69) is 16.3 Å². The van der Waals surface area contributed by atoms with Crippen molar-refractivity contribution in [3.8, 4) is 17.5 Å². The Balaban J connectivity index is 1.60. The van der Waals surface area contributed by atoms with Crippen LogP contribution in [-0.2, 0) is 5.41 Å². The van der Waals surface area contributed by atoms with Crippen LogP contribution in [0.3, 0.4) is 0 Å². The van der Waals surface area contributed by atoms with Gasteiger partial charge in [-0.15, -0.1) is 21.5 Å². The largest absolute Gasteiger partial charge is 0.419 e. The third-order valence-corrected chi connectivity index (χ3v) is 6.28. The first kappa shape index (κ1) is 17.5. The first-order chi connectivity index (χ1) is 14.3. The molecular formula is C23H15N3O2S. The van der Waals surface area contributed by atoms with Gasteiger partial charge in [0, 0.05) is 11.5 Å². The minimum atomic E-state index is -1.16. The van der Waals surface area contributed by atoms with Gasteiger partial charge in [-0.05, 0) is 29.1 Å². The Morgan fingerprint density at radius 2 is 1.72 bits per heavy atom. The van der Waals surface area contributed by atoms with E-state index in [0.29, 0.717) is 10.8 Å². The zero-order valence-electron chi connectivity index (χ0n) is 15.2. The van der Waals surface area contributed by atoms with Gasteiger partial charge in [0.2, 0.25) is 11.8 Å². The van der Waals surface area contributed by atoms with Gasteiger partial charge >= 0.3 is 0 Å². The molecule has 0 spiro atoms. The lowest BCUT2D eigenvalue weighted by atomic mass is 10.00. The van der Waals surface area contributed by atoms with Gasteiger partial charge in [0.25, 0.3) is 0 Å². The van der Waals surface area contributed by atoms with E-state index in [0.717, 1.165) is 11.1 Å². The lowest BCUT2D eigenvalue weighted by molar-refractivity contribution is 0.0961. The van der Waals surface area contributed by atoms with Crippen molar-refractivity contribution in [2.75, 3.05) is 0 Å². The number of Topliss-reactive ketones (excluding diaryl/α,β-unsaturated/α-hetero) is 1. The molecule has 1 saturated carbocycles. The minimum Gasteiger partial charge on any atom is -0.419 e. The Bertz CT molecular complexity index is 1200. The number of rotatable bonds is 5. The highest BCUT2D eigenvalue weighted by Gasteiger charge is 2.73. The smallest absolute Gasteiger partial charge is 0.247 e. The normalized spacial score (nSPS) is 22.7. The summed E-state index contributed by atoms with van der Waals surface area (Å²) in [6, 6.07) is 25.0. The number of carbonyl (C=O) groups excluding carboxylic acids is 1. The number of ketones is 1. The Morgan fingerprint density at radius 3 is 2.38 bits per heavy atom. The van der Waals surface area contributed by atoms with Gasteiger partial charge in [-0.3, -0.25) is 4.79 Å². The number of carbonyl (C=O) groups is 1. The van der Waals surface area contributed by atoms with Gasteiger partial charge in [-0.1, -0.05) is 54.6 Å². The highest BCUT2D eigenvalue weighted by molar-refractivity contribution is 7.12. The number of hydrogen-bond acceptors (Lipinski definition) is 6. The lowest BCUT2D eigenvalue weighted by Gasteiger charge is -2.03. The van der Waals surface area contributed by atoms with Gasteiger partial charge < -0.3 is 4.42 Å². The van der Waals surface area contributed by atoms with Crippen molar-refractivity contribution < 1.29 is 9.21 Å². The molecule has 0 aliphatic heterocycles. The molecule has 5 rings (SSSR count). The molecular weight excluding hydrogens is 382 g/mol. The zero-order chi connectivity index (χ0) is 19.8. The molecule has 0 unspecified atom stereocenters. The molecule has 1 aliphatic rings. The number of benzene rings is 2. The second-order valence-corrected chi connectivity index (χ2v) is 7.91. The number of nitrogens with zero attached hydrogens (tertiary/aromatic N) is 3. The highest BCUT2D eigenvalue weighted by Crippen LogP contribution is 2.66. The summed E-state index contributed by atoms with van der Waals surface area (Å²) in [4.78, 5) is 13.9. The average molecular weight is 397 g/mol. The van der Waals surface area contributed by atoms with Crippen LogP contribution in [0.25, 0.3) is 11.5 Å². The predicted octanol–water partition coefficient (Wildman–Crippen LogP) is 4.86. The molecule has 5 nitrogen and oxygen atoms in total. The summed E-state index contributed by atoms with van der Waals surface area (Å²) >= 11 is 1.38. The summed E-state index contributed by atoms with van der Waals surface area (Å²) in [5.74, 6) is -0.404. The molecule has 2 aromatic heterocycles. The Labute approximate surface area is 171 Å². The minimum absolute atomic E-state index is 0.0603. The number of hydrogen-bond donors (Lipinski definition) is 0. The van der Waals surface area contributed by atoms with Gasteiger partial charge in [-0.2, -0.15) is 5.26 Å². The first-order valence-corrected chi connectivity index (χ1v) is 10.1. The monoisotopic (exact) mass is 397 g/mol. The van der Waals surface area contributed by atoms with Crippen molar-refractivity contribution in [2.24, 2.45) is 5.92 Å². The van der Waals surface area contributed by atoms with Gasteiger partial charge in [0.15, 0.2) is 11.2 Å². The van der Waals surface area contributed by atoms with Crippen molar-refractivity contribution >= 4 is 17.1 Å². The Hall–Kier alpha value is -3.56. The van der Waals surface area contributed by atoms with Crippen LogP contribution >= 0.6 is 11.3 Å². The summed E-state index contributed by atoms with van der Waals surface area (Å²) in [6.07, 6.45) is 0. The maximum atomic E-state index is 13.2. The van der Waals surface area contributed by atoms with Crippen molar-refractivity contribution in [3.05, 3.63) is 94.5 Å². The molecule has 1 aliphatic carbocycles.